The molecule has 20 heavy (non-hydrogen) atoms. The van der Waals surface area contributed by atoms with Crippen LogP contribution in [0, 0.1) is 0 Å². The third-order valence-electron chi connectivity index (χ3n) is 2.64. The quantitative estimate of drug-likeness (QED) is 0.861. The van der Waals surface area contributed by atoms with Crippen LogP contribution >= 0.6 is 0 Å². The van der Waals surface area contributed by atoms with Crippen molar-refractivity contribution in [3.8, 4) is 22.8 Å². The maximum atomic E-state index is 12.3. The SMILES string of the molecule is COc1ccc(-c2ccc(=O)n(C)n2)cc1OC(F)F. The topological polar surface area (TPSA) is 53.4 Å². The Bertz CT molecular complexity index is 671. The first-order valence-corrected chi connectivity index (χ1v) is 5.69. The normalized spacial score (nSPS) is 10.7. The highest BCUT2D eigenvalue weighted by molar-refractivity contribution is 5.63. The van der Waals surface area contributed by atoms with E-state index in [0.29, 0.717) is 11.3 Å². The zero-order chi connectivity index (χ0) is 14.7. The third-order valence-corrected chi connectivity index (χ3v) is 2.64. The monoisotopic (exact) mass is 282 g/mol. The number of rotatable bonds is 4. The molecule has 7 heteroatoms. The molecule has 0 N–H and O–H groups in total. The number of methoxy groups -OCH3 is 1. The van der Waals surface area contributed by atoms with Gasteiger partial charge in [0.05, 0.1) is 12.8 Å². The van der Waals surface area contributed by atoms with Crippen LogP contribution < -0.4 is 15.0 Å². The molecule has 5 nitrogen and oxygen atoms in total. The fourth-order valence-corrected chi connectivity index (χ4v) is 1.68. The van der Waals surface area contributed by atoms with Crippen LogP contribution in [0.5, 0.6) is 11.5 Å². The number of halogens is 2. The molecule has 0 aliphatic carbocycles. The van der Waals surface area contributed by atoms with Gasteiger partial charge in [0.25, 0.3) is 5.56 Å². The number of benzene rings is 1. The molecular weight excluding hydrogens is 270 g/mol. The Labute approximate surface area is 113 Å². The Hall–Kier alpha value is -2.44. The number of nitrogens with zero attached hydrogens (tertiary/aromatic N) is 2. The summed E-state index contributed by atoms with van der Waals surface area (Å²) in [6.45, 7) is -2.95. The number of hydrogen-bond acceptors (Lipinski definition) is 4. The van der Waals surface area contributed by atoms with Crippen LogP contribution in [0.1, 0.15) is 0 Å². The van der Waals surface area contributed by atoms with E-state index in [-0.39, 0.29) is 17.1 Å². The van der Waals surface area contributed by atoms with Crippen molar-refractivity contribution in [1.29, 1.82) is 0 Å². The van der Waals surface area contributed by atoms with E-state index < -0.39 is 6.61 Å². The van der Waals surface area contributed by atoms with Gasteiger partial charge in [-0.25, -0.2) is 4.68 Å². The first kappa shape index (κ1) is 14.0. The van der Waals surface area contributed by atoms with Crippen LogP contribution in [-0.2, 0) is 7.05 Å². The van der Waals surface area contributed by atoms with Gasteiger partial charge in [-0.1, -0.05) is 0 Å². The van der Waals surface area contributed by atoms with E-state index in [1.54, 1.807) is 6.07 Å². The van der Waals surface area contributed by atoms with E-state index >= 15 is 0 Å². The van der Waals surface area contributed by atoms with Crippen LogP contribution in [0.3, 0.4) is 0 Å². The summed E-state index contributed by atoms with van der Waals surface area (Å²) in [7, 11) is 2.86. The van der Waals surface area contributed by atoms with Crippen molar-refractivity contribution in [3.63, 3.8) is 0 Å². The molecule has 106 valence electrons. The van der Waals surface area contributed by atoms with E-state index in [1.807, 2.05) is 0 Å². The van der Waals surface area contributed by atoms with Gasteiger partial charge in [-0.05, 0) is 24.3 Å². The van der Waals surface area contributed by atoms with Crippen molar-refractivity contribution in [2.45, 2.75) is 6.61 Å². The minimum Gasteiger partial charge on any atom is -0.493 e. The summed E-state index contributed by atoms with van der Waals surface area (Å²) in [5.74, 6) is 0.106. The zero-order valence-corrected chi connectivity index (χ0v) is 10.8. The highest BCUT2D eigenvalue weighted by Gasteiger charge is 2.12. The van der Waals surface area contributed by atoms with Crippen LogP contribution in [0.25, 0.3) is 11.3 Å². The summed E-state index contributed by atoms with van der Waals surface area (Å²) in [4.78, 5) is 11.3. The number of hydrogen-bond donors (Lipinski definition) is 0. The van der Waals surface area contributed by atoms with Gasteiger partial charge in [-0.2, -0.15) is 13.9 Å². The van der Waals surface area contributed by atoms with Gasteiger partial charge in [0.15, 0.2) is 11.5 Å². The van der Waals surface area contributed by atoms with Crippen molar-refractivity contribution < 1.29 is 18.3 Å². The zero-order valence-electron chi connectivity index (χ0n) is 10.8. The van der Waals surface area contributed by atoms with Gasteiger partial charge >= 0.3 is 6.61 Å². The molecule has 0 radical (unpaired) electrons. The van der Waals surface area contributed by atoms with Gasteiger partial charge in [0, 0.05) is 18.7 Å². The number of alkyl halides is 2. The molecule has 0 unspecified atom stereocenters. The summed E-state index contributed by atoms with van der Waals surface area (Å²) in [6, 6.07) is 7.39. The van der Waals surface area contributed by atoms with Crippen molar-refractivity contribution in [2.24, 2.45) is 7.05 Å². The average molecular weight is 282 g/mol. The van der Waals surface area contributed by atoms with E-state index in [9.17, 15) is 13.6 Å². The predicted octanol–water partition coefficient (Wildman–Crippen LogP) is 2.06. The van der Waals surface area contributed by atoms with Gasteiger partial charge in [-0.15, -0.1) is 0 Å². The molecule has 0 fully saturated rings. The van der Waals surface area contributed by atoms with Crippen molar-refractivity contribution >= 4 is 0 Å². The van der Waals surface area contributed by atoms with E-state index in [2.05, 4.69) is 9.84 Å². The lowest BCUT2D eigenvalue weighted by atomic mass is 10.1. The molecule has 2 rings (SSSR count). The standard InChI is InChI=1S/C13H12F2N2O3/c1-17-12(18)6-4-9(16-17)8-3-5-10(19-2)11(7-8)20-13(14)15/h3-7,13H,1-2H3. The van der Waals surface area contributed by atoms with Crippen LogP contribution in [0.4, 0.5) is 8.78 Å². The Balaban J connectivity index is 2.46. The molecule has 0 aliphatic rings. The Morgan fingerprint density at radius 3 is 2.55 bits per heavy atom. The molecule has 0 atom stereocenters. The summed E-state index contributed by atoms with van der Waals surface area (Å²) in [5.41, 5.74) is 0.747. The lowest BCUT2D eigenvalue weighted by molar-refractivity contribution is -0.0511. The summed E-state index contributed by atoms with van der Waals surface area (Å²) in [5, 5.41) is 4.04. The number of aryl methyl sites for hydroxylation is 1. The Kier molecular flexibility index (Phi) is 3.97. The molecule has 0 amide bonds. The second kappa shape index (κ2) is 5.68. The van der Waals surface area contributed by atoms with Gasteiger partial charge in [-0.3, -0.25) is 4.79 Å². The maximum absolute atomic E-state index is 12.3. The van der Waals surface area contributed by atoms with Gasteiger partial charge < -0.3 is 9.47 Å². The molecule has 0 spiro atoms. The minimum atomic E-state index is -2.95. The highest BCUT2D eigenvalue weighted by atomic mass is 19.3. The van der Waals surface area contributed by atoms with E-state index in [1.165, 1.54) is 38.4 Å². The molecular formula is C13H12F2N2O3. The molecule has 0 saturated heterocycles. The smallest absolute Gasteiger partial charge is 0.387 e. The molecule has 1 heterocycles. The van der Waals surface area contributed by atoms with Crippen LogP contribution in [0.15, 0.2) is 35.1 Å². The molecule has 1 aromatic heterocycles. The summed E-state index contributed by atoms with van der Waals surface area (Å²) < 4.78 is 35.2. The summed E-state index contributed by atoms with van der Waals surface area (Å²) in [6.07, 6.45) is 0. The van der Waals surface area contributed by atoms with Crippen LogP contribution in [-0.4, -0.2) is 23.5 Å². The van der Waals surface area contributed by atoms with Gasteiger partial charge in [0.2, 0.25) is 0 Å². The fourth-order valence-electron chi connectivity index (χ4n) is 1.68. The first-order chi connectivity index (χ1) is 9.51. The molecule has 0 saturated carbocycles. The fraction of sp³-hybridized carbons (Fsp3) is 0.231. The second-order valence-corrected chi connectivity index (χ2v) is 3.92. The van der Waals surface area contributed by atoms with E-state index in [0.717, 1.165) is 4.68 Å². The summed E-state index contributed by atoms with van der Waals surface area (Å²) >= 11 is 0. The van der Waals surface area contributed by atoms with Crippen molar-refractivity contribution in [2.75, 3.05) is 7.11 Å². The highest BCUT2D eigenvalue weighted by Crippen LogP contribution is 2.32. The first-order valence-electron chi connectivity index (χ1n) is 5.69. The maximum Gasteiger partial charge on any atom is 0.387 e. The molecule has 0 bridgehead atoms. The Morgan fingerprint density at radius 2 is 1.95 bits per heavy atom. The number of ether oxygens (including phenoxy) is 2. The largest absolute Gasteiger partial charge is 0.493 e. The number of aromatic nitrogens is 2. The second-order valence-electron chi connectivity index (χ2n) is 3.92. The predicted molar refractivity (Wildman–Crippen MR) is 68.1 cm³/mol. The minimum absolute atomic E-state index is 0.0874. The Morgan fingerprint density at radius 1 is 1.20 bits per heavy atom. The van der Waals surface area contributed by atoms with Crippen LogP contribution in [0.2, 0.25) is 0 Å². The lowest BCUT2D eigenvalue weighted by Gasteiger charge is -2.11. The van der Waals surface area contributed by atoms with Crippen molar-refractivity contribution in [1.82, 2.24) is 9.78 Å². The lowest BCUT2D eigenvalue weighted by Crippen LogP contribution is -2.18. The van der Waals surface area contributed by atoms with Gasteiger partial charge in [0.1, 0.15) is 0 Å². The molecule has 2 aromatic rings. The van der Waals surface area contributed by atoms with E-state index in [4.69, 9.17) is 4.74 Å². The molecule has 0 aliphatic heterocycles. The third kappa shape index (κ3) is 2.93. The molecule has 1 aromatic carbocycles. The van der Waals surface area contributed by atoms with Crippen molar-refractivity contribution in [3.05, 3.63) is 40.7 Å². The average Bonchev–Trinajstić information content (AvgIpc) is 2.41.